The zero-order chi connectivity index (χ0) is 21.5. The van der Waals surface area contributed by atoms with Gasteiger partial charge in [-0.2, -0.15) is 0 Å². The van der Waals surface area contributed by atoms with Crippen molar-refractivity contribution in [3.05, 3.63) is 72.8 Å². The van der Waals surface area contributed by atoms with Crippen LogP contribution in [0.4, 0.5) is 8.63 Å². The van der Waals surface area contributed by atoms with Crippen molar-refractivity contribution in [3.8, 4) is 0 Å². The molecule has 6 heteroatoms. The quantitative estimate of drug-likeness (QED) is 0.307. The third kappa shape index (κ3) is 3.76. The van der Waals surface area contributed by atoms with Gasteiger partial charge in [0.2, 0.25) is 0 Å². The molecular formula is C23H26BF2IN2. The first-order valence-electron chi connectivity index (χ1n) is 9.97. The summed E-state index contributed by atoms with van der Waals surface area (Å²) >= 11 is 2.26. The molecule has 29 heavy (non-hydrogen) atoms. The zero-order valence-electron chi connectivity index (χ0n) is 17.8. The minimum absolute atomic E-state index is 0.582. The third-order valence-electron chi connectivity index (χ3n) is 5.88. The first kappa shape index (κ1) is 22.0. The van der Waals surface area contributed by atoms with Gasteiger partial charge in [0.05, 0.1) is 5.70 Å². The van der Waals surface area contributed by atoms with Crippen LogP contribution in [0.1, 0.15) is 62.2 Å². The number of hydrogen-bond acceptors (Lipinski definition) is 1. The Kier molecular flexibility index (Phi) is 6.51. The molecule has 0 unspecified atom stereocenters. The van der Waals surface area contributed by atoms with Crippen LogP contribution in [-0.4, -0.2) is 17.6 Å². The van der Waals surface area contributed by atoms with Gasteiger partial charge in [0, 0.05) is 26.2 Å². The Morgan fingerprint density at radius 2 is 1.66 bits per heavy atom. The summed E-state index contributed by atoms with van der Waals surface area (Å²) in [5.74, 6) is 0. The van der Waals surface area contributed by atoms with Crippen molar-refractivity contribution in [3.63, 3.8) is 0 Å². The summed E-state index contributed by atoms with van der Waals surface area (Å²) in [6, 6.07) is 8.05. The van der Waals surface area contributed by atoms with E-state index in [1.54, 1.807) is 6.92 Å². The average molecular weight is 506 g/mol. The minimum atomic E-state index is -2.61. The van der Waals surface area contributed by atoms with Gasteiger partial charge in [-0.15, -0.1) is 0 Å². The Morgan fingerprint density at radius 1 is 1.03 bits per heavy atom. The molecule has 3 rings (SSSR count). The Hall–Kier alpha value is -1.70. The van der Waals surface area contributed by atoms with Crippen LogP contribution in [0.3, 0.4) is 0 Å². The van der Waals surface area contributed by atoms with E-state index >= 15 is 0 Å². The van der Waals surface area contributed by atoms with Crippen molar-refractivity contribution >= 4 is 41.3 Å². The fraction of sp³-hybridized carbons (Fsp3) is 0.348. The van der Waals surface area contributed by atoms with Crippen LogP contribution in [0, 0.1) is 17.4 Å². The standard InChI is InChI=1S/C23H26BF2IN2/c1-7-19-13(3)22(28-15(19)5)21(17-9-11-18(27)12-10-17)23-14(4)20(8-2)16(6)29(23)24(25)26/h9-12H,7-8H2,1-6H3/b22-21-. The Morgan fingerprint density at radius 3 is 2.14 bits per heavy atom. The van der Waals surface area contributed by atoms with Crippen LogP contribution in [0.25, 0.3) is 5.57 Å². The van der Waals surface area contributed by atoms with Gasteiger partial charge >= 0.3 is 7.40 Å². The number of aromatic nitrogens is 1. The van der Waals surface area contributed by atoms with E-state index in [1.807, 2.05) is 45.0 Å². The van der Waals surface area contributed by atoms with Gasteiger partial charge in [0.25, 0.3) is 0 Å². The highest BCUT2D eigenvalue weighted by Crippen LogP contribution is 2.40. The van der Waals surface area contributed by atoms with E-state index in [0.29, 0.717) is 11.4 Å². The van der Waals surface area contributed by atoms with Crippen LogP contribution >= 0.6 is 22.6 Å². The van der Waals surface area contributed by atoms with Crippen molar-refractivity contribution in [1.82, 2.24) is 4.48 Å². The molecule has 0 aliphatic carbocycles. The number of nitrogens with zero attached hydrogens (tertiary/aromatic N) is 2. The SMILES string of the molecule is CCC1=C(C)/C(=C(\c2ccc(I)cc2)c2c(C)c(CC)c(C)n2B(F)F)N=C1C. The van der Waals surface area contributed by atoms with Crippen molar-refractivity contribution in [1.29, 1.82) is 0 Å². The molecule has 0 saturated carbocycles. The van der Waals surface area contributed by atoms with Gasteiger partial charge in [-0.3, -0.25) is 13.6 Å². The maximum Gasteiger partial charge on any atom is 0.677 e. The Labute approximate surface area is 186 Å². The molecule has 0 spiro atoms. The van der Waals surface area contributed by atoms with Crippen molar-refractivity contribution in [2.75, 3.05) is 0 Å². The second-order valence-corrected chi connectivity index (χ2v) is 8.67. The molecule has 1 aliphatic heterocycles. The van der Waals surface area contributed by atoms with Gasteiger partial charge in [-0.05, 0) is 103 Å². The number of hydrogen-bond donors (Lipinski definition) is 0. The maximum absolute atomic E-state index is 14.3. The lowest BCUT2D eigenvalue weighted by atomic mass is 9.92. The van der Waals surface area contributed by atoms with Crippen LogP contribution in [0.15, 0.2) is 46.1 Å². The summed E-state index contributed by atoms with van der Waals surface area (Å²) in [4.78, 5) is 4.87. The molecule has 152 valence electrons. The molecule has 1 aromatic carbocycles. The predicted molar refractivity (Wildman–Crippen MR) is 128 cm³/mol. The summed E-state index contributed by atoms with van der Waals surface area (Å²) < 4.78 is 30.8. The molecule has 0 saturated heterocycles. The van der Waals surface area contributed by atoms with E-state index in [1.165, 1.54) is 10.1 Å². The molecule has 2 aromatic rings. The molecule has 1 aliphatic rings. The molecule has 0 amide bonds. The van der Waals surface area contributed by atoms with E-state index in [2.05, 4.69) is 36.4 Å². The molecule has 2 heterocycles. The number of benzene rings is 1. The summed E-state index contributed by atoms with van der Waals surface area (Å²) in [6.45, 7) is 11.9. The van der Waals surface area contributed by atoms with Crippen LogP contribution < -0.4 is 0 Å². The number of aliphatic imine (C=N–C) groups is 1. The first-order valence-corrected chi connectivity index (χ1v) is 11.0. The molecule has 0 atom stereocenters. The molecule has 0 bridgehead atoms. The molecular weight excluding hydrogens is 480 g/mol. The Balaban J connectivity index is 2.47. The molecule has 1 aromatic heterocycles. The minimum Gasteiger partial charge on any atom is -0.329 e. The average Bonchev–Trinajstić information content (AvgIpc) is 3.09. The zero-order valence-corrected chi connectivity index (χ0v) is 20.0. The van der Waals surface area contributed by atoms with Gasteiger partial charge in [-0.1, -0.05) is 26.0 Å². The summed E-state index contributed by atoms with van der Waals surface area (Å²) in [6.07, 6.45) is 1.59. The van der Waals surface area contributed by atoms with E-state index in [9.17, 15) is 8.63 Å². The number of rotatable bonds is 5. The summed E-state index contributed by atoms with van der Waals surface area (Å²) in [7, 11) is -2.61. The maximum atomic E-state index is 14.3. The predicted octanol–water partition coefficient (Wildman–Crippen LogP) is 7.00. The van der Waals surface area contributed by atoms with Gasteiger partial charge in [0.15, 0.2) is 0 Å². The fourth-order valence-corrected chi connectivity index (χ4v) is 4.84. The van der Waals surface area contributed by atoms with Gasteiger partial charge in [-0.25, -0.2) is 0 Å². The second kappa shape index (κ2) is 8.58. The topological polar surface area (TPSA) is 17.3 Å². The largest absolute Gasteiger partial charge is 0.677 e. The molecule has 0 fully saturated rings. The number of halogens is 3. The highest BCUT2D eigenvalue weighted by atomic mass is 127. The molecule has 2 nitrogen and oxygen atoms in total. The highest BCUT2D eigenvalue weighted by Gasteiger charge is 2.32. The molecule has 0 N–H and O–H groups in total. The lowest BCUT2D eigenvalue weighted by Gasteiger charge is -2.17. The number of allylic oxidation sites excluding steroid dienone is 2. The van der Waals surface area contributed by atoms with E-state index < -0.39 is 7.40 Å². The lowest BCUT2D eigenvalue weighted by molar-refractivity contribution is 0.623. The third-order valence-corrected chi connectivity index (χ3v) is 6.60. The fourth-order valence-electron chi connectivity index (χ4n) is 4.48. The normalized spacial score (nSPS) is 15.8. The summed E-state index contributed by atoms with van der Waals surface area (Å²) in [5.41, 5.74) is 8.89. The van der Waals surface area contributed by atoms with Crippen molar-refractivity contribution in [2.45, 2.75) is 54.4 Å². The van der Waals surface area contributed by atoms with E-state index in [0.717, 1.165) is 55.7 Å². The van der Waals surface area contributed by atoms with Gasteiger partial charge in [0.1, 0.15) is 0 Å². The van der Waals surface area contributed by atoms with Crippen molar-refractivity contribution in [2.24, 2.45) is 4.99 Å². The molecule has 0 radical (unpaired) electrons. The smallest absolute Gasteiger partial charge is 0.329 e. The second-order valence-electron chi connectivity index (χ2n) is 7.42. The van der Waals surface area contributed by atoms with Crippen molar-refractivity contribution < 1.29 is 8.63 Å². The van der Waals surface area contributed by atoms with E-state index in [-0.39, 0.29) is 0 Å². The van der Waals surface area contributed by atoms with Crippen LogP contribution in [0.5, 0.6) is 0 Å². The first-order chi connectivity index (χ1) is 13.7. The van der Waals surface area contributed by atoms with E-state index in [4.69, 9.17) is 4.99 Å². The monoisotopic (exact) mass is 506 g/mol. The highest BCUT2D eigenvalue weighted by molar-refractivity contribution is 14.1. The summed E-state index contributed by atoms with van der Waals surface area (Å²) in [5, 5.41) is 0. The van der Waals surface area contributed by atoms with Crippen LogP contribution in [0.2, 0.25) is 0 Å². The van der Waals surface area contributed by atoms with Crippen LogP contribution in [-0.2, 0) is 6.42 Å². The lowest BCUT2D eigenvalue weighted by Crippen LogP contribution is -2.18. The van der Waals surface area contributed by atoms with Gasteiger partial charge < -0.3 is 4.48 Å². The Bertz CT molecular complexity index is 1040.